The van der Waals surface area contributed by atoms with Crippen LogP contribution in [0.25, 0.3) is 5.69 Å². The number of carboxylic acid groups (broad SMARTS) is 1. The Kier molecular flexibility index (Phi) is 3.61. The van der Waals surface area contributed by atoms with Crippen LogP contribution in [0.2, 0.25) is 0 Å². The molecule has 0 aliphatic heterocycles. The van der Waals surface area contributed by atoms with E-state index in [9.17, 15) is 9.90 Å². The summed E-state index contributed by atoms with van der Waals surface area (Å²) in [5.74, 6) is -1.14. The molecule has 1 aromatic carbocycles. The van der Waals surface area contributed by atoms with Gasteiger partial charge in [-0.15, -0.1) is 5.10 Å². The van der Waals surface area contributed by atoms with Crippen LogP contribution >= 0.6 is 11.8 Å². The number of aliphatic carboxylic acids is 1. The molecular weight excluding hydrogens is 252 g/mol. The average molecular weight is 263 g/mol. The summed E-state index contributed by atoms with van der Waals surface area (Å²) in [6.07, 6.45) is 0. The predicted molar refractivity (Wildman–Crippen MR) is 64.2 cm³/mol. The maximum absolute atomic E-state index is 10.7. The monoisotopic (exact) mass is 263 g/mol. The second kappa shape index (κ2) is 5.18. The first kappa shape index (κ1) is 12.6. The number of thioether (sulfide) groups is 1. The standard InChI is InChI=1S/C11H12N4O2S/c1-7-3-5-9(6-4-7)15-11(12-13-14-15)18-8(2)10(16)17/h3-6,8H,1-2H3,(H,16,17)/p-1/t8-/m1/s1. The van der Waals surface area contributed by atoms with Gasteiger partial charge in [-0.05, 0) is 36.4 Å². The van der Waals surface area contributed by atoms with E-state index in [1.165, 1.54) is 11.6 Å². The first-order valence-corrected chi connectivity index (χ1v) is 6.19. The molecule has 0 unspecified atom stereocenters. The molecule has 6 nitrogen and oxygen atoms in total. The van der Waals surface area contributed by atoms with Crippen LogP contribution in [0.4, 0.5) is 0 Å². The van der Waals surface area contributed by atoms with Gasteiger partial charge in [-0.1, -0.05) is 29.5 Å². The lowest BCUT2D eigenvalue weighted by atomic mass is 10.2. The smallest absolute Gasteiger partial charge is 0.214 e. The normalized spacial score (nSPS) is 12.3. The molecule has 1 heterocycles. The number of benzene rings is 1. The fourth-order valence-corrected chi connectivity index (χ4v) is 2.04. The van der Waals surface area contributed by atoms with Crippen molar-refractivity contribution in [2.75, 3.05) is 0 Å². The van der Waals surface area contributed by atoms with Crippen LogP contribution in [0, 0.1) is 6.92 Å². The topological polar surface area (TPSA) is 83.7 Å². The first-order valence-electron chi connectivity index (χ1n) is 5.31. The van der Waals surface area contributed by atoms with Crippen molar-refractivity contribution in [2.24, 2.45) is 0 Å². The molecule has 0 radical (unpaired) electrons. The Bertz CT molecular complexity index is 552. The fraction of sp³-hybridized carbons (Fsp3) is 0.273. The summed E-state index contributed by atoms with van der Waals surface area (Å²) in [7, 11) is 0. The van der Waals surface area contributed by atoms with Crippen LogP contribution in [-0.2, 0) is 4.79 Å². The van der Waals surface area contributed by atoms with Crippen LogP contribution < -0.4 is 5.11 Å². The van der Waals surface area contributed by atoms with Gasteiger partial charge in [-0.25, -0.2) is 0 Å². The fourth-order valence-electron chi connectivity index (χ4n) is 1.31. The van der Waals surface area contributed by atoms with E-state index >= 15 is 0 Å². The van der Waals surface area contributed by atoms with E-state index < -0.39 is 11.2 Å². The molecule has 0 bridgehead atoms. The molecule has 0 saturated heterocycles. The molecule has 18 heavy (non-hydrogen) atoms. The quantitative estimate of drug-likeness (QED) is 0.733. The van der Waals surface area contributed by atoms with Crippen molar-refractivity contribution in [2.45, 2.75) is 24.3 Å². The van der Waals surface area contributed by atoms with Gasteiger partial charge in [0.15, 0.2) is 0 Å². The van der Waals surface area contributed by atoms with E-state index in [1.807, 2.05) is 31.2 Å². The highest BCUT2D eigenvalue weighted by Gasteiger charge is 2.13. The second-order valence-electron chi connectivity index (χ2n) is 3.79. The Morgan fingerprint density at radius 1 is 1.39 bits per heavy atom. The molecule has 0 amide bonds. The number of carbonyl (C=O) groups excluding carboxylic acids is 1. The minimum atomic E-state index is -1.14. The van der Waals surface area contributed by atoms with Crippen molar-refractivity contribution in [1.29, 1.82) is 0 Å². The number of aromatic nitrogens is 4. The van der Waals surface area contributed by atoms with Crippen molar-refractivity contribution in [1.82, 2.24) is 20.2 Å². The number of hydrogen-bond donors (Lipinski definition) is 0. The molecule has 1 aromatic heterocycles. The Hall–Kier alpha value is -1.89. The molecule has 0 N–H and O–H groups in total. The summed E-state index contributed by atoms with van der Waals surface area (Å²) in [4.78, 5) is 10.7. The van der Waals surface area contributed by atoms with Gasteiger partial charge in [-0.2, -0.15) is 4.68 Å². The molecule has 2 rings (SSSR count). The van der Waals surface area contributed by atoms with Crippen LogP contribution in [0.5, 0.6) is 0 Å². The molecule has 0 aliphatic rings. The summed E-state index contributed by atoms with van der Waals surface area (Å²) >= 11 is 1.05. The van der Waals surface area contributed by atoms with Gasteiger partial charge in [0.05, 0.1) is 11.7 Å². The summed E-state index contributed by atoms with van der Waals surface area (Å²) in [5.41, 5.74) is 1.92. The molecule has 7 heteroatoms. The minimum absolute atomic E-state index is 0.426. The van der Waals surface area contributed by atoms with Crippen molar-refractivity contribution in [3.63, 3.8) is 0 Å². The van der Waals surface area contributed by atoms with Gasteiger partial charge >= 0.3 is 0 Å². The third kappa shape index (κ3) is 2.67. The lowest BCUT2D eigenvalue weighted by molar-refractivity contribution is -0.304. The Labute approximate surface area is 108 Å². The van der Waals surface area contributed by atoms with Gasteiger partial charge in [-0.3, -0.25) is 0 Å². The third-order valence-corrected chi connectivity index (χ3v) is 3.34. The summed E-state index contributed by atoms with van der Waals surface area (Å²) in [6.45, 7) is 3.52. The Balaban J connectivity index is 2.27. The van der Waals surface area contributed by atoms with Crippen molar-refractivity contribution in [3.8, 4) is 5.69 Å². The molecule has 0 spiro atoms. The number of tetrazole rings is 1. The van der Waals surface area contributed by atoms with Crippen LogP contribution in [0.3, 0.4) is 0 Å². The summed E-state index contributed by atoms with van der Waals surface area (Å²) in [5, 5.41) is 21.6. The second-order valence-corrected chi connectivity index (χ2v) is 5.10. The highest BCUT2D eigenvalue weighted by molar-refractivity contribution is 8.00. The predicted octanol–water partition coefficient (Wildman–Crippen LogP) is 0.201. The van der Waals surface area contributed by atoms with Gasteiger partial charge in [0.1, 0.15) is 0 Å². The number of nitrogens with zero attached hydrogens (tertiary/aromatic N) is 4. The minimum Gasteiger partial charge on any atom is -0.549 e. The van der Waals surface area contributed by atoms with E-state index in [0.29, 0.717) is 5.16 Å². The van der Waals surface area contributed by atoms with Crippen molar-refractivity contribution < 1.29 is 9.90 Å². The maximum atomic E-state index is 10.7. The van der Waals surface area contributed by atoms with E-state index in [2.05, 4.69) is 15.5 Å². The summed E-state index contributed by atoms with van der Waals surface area (Å²) < 4.78 is 1.50. The van der Waals surface area contributed by atoms with Gasteiger partial charge in [0.2, 0.25) is 5.16 Å². The largest absolute Gasteiger partial charge is 0.549 e. The highest BCUT2D eigenvalue weighted by Crippen LogP contribution is 2.22. The molecule has 0 aliphatic carbocycles. The number of carboxylic acids is 1. The molecule has 2 aromatic rings. The molecular formula is C11H11N4O2S-. The molecule has 0 saturated carbocycles. The van der Waals surface area contributed by atoms with Crippen molar-refractivity contribution in [3.05, 3.63) is 29.8 Å². The third-order valence-electron chi connectivity index (χ3n) is 2.33. The zero-order valence-electron chi connectivity index (χ0n) is 9.90. The molecule has 94 valence electrons. The van der Waals surface area contributed by atoms with Crippen LogP contribution in [0.1, 0.15) is 12.5 Å². The average Bonchev–Trinajstić information content (AvgIpc) is 2.78. The van der Waals surface area contributed by atoms with E-state index in [1.54, 1.807) is 0 Å². The Morgan fingerprint density at radius 2 is 2.06 bits per heavy atom. The SMILES string of the molecule is Cc1ccc(-n2nnnc2S[C@H](C)C(=O)[O-])cc1. The van der Waals surface area contributed by atoms with Crippen LogP contribution in [-0.4, -0.2) is 31.4 Å². The maximum Gasteiger partial charge on any atom is 0.214 e. The number of rotatable bonds is 4. The first-order chi connectivity index (χ1) is 8.58. The lowest BCUT2D eigenvalue weighted by Gasteiger charge is -2.11. The Morgan fingerprint density at radius 3 is 2.67 bits per heavy atom. The lowest BCUT2D eigenvalue weighted by Crippen LogP contribution is -2.31. The summed E-state index contributed by atoms with van der Waals surface area (Å²) in [6, 6.07) is 7.63. The van der Waals surface area contributed by atoms with Crippen molar-refractivity contribution >= 4 is 17.7 Å². The zero-order chi connectivity index (χ0) is 13.1. The number of hydrogen-bond acceptors (Lipinski definition) is 6. The van der Waals surface area contributed by atoms with E-state index in [4.69, 9.17) is 0 Å². The van der Waals surface area contributed by atoms with Gasteiger partial charge in [0, 0.05) is 5.25 Å². The number of carbonyl (C=O) groups is 1. The zero-order valence-corrected chi connectivity index (χ0v) is 10.7. The molecule has 0 fully saturated rings. The van der Waals surface area contributed by atoms with Crippen LogP contribution in [0.15, 0.2) is 29.4 Å². The van der Waals surface area contributed by atoms with Gasteiger partial charge < -0.3 is 9.90 Å². The highest BCUT2D eigenvalue weighted by atomic mass is 32.2. The van der Waals surface area contributed by atoms with Gasteiger partial charge in [0.25, 0.3) is 0 Å². The van der Waals surface area contributed by atoms with E-state index in [-0.39, 0.29) is 0 Å². The number of aryl methyl sites for hydroxylation is 1. The van der Waals surface area contributed by atoms with E-state index in [0.717, 1.165) is 23.0 Å². The molecule has 1 atom stereocenters.